The van der Waals surface area contributed by atoms with Gasteiger partial charge in [-0.1, -0.05) is 19.3 Å². The van der Waals surface area contributed by atoms with E-state index in [2.05, 4.69) is 15.4 Å². The molecule has 2 amide bonds. The summed E-state index contributed by atoms with van der Waals surface area (Å²) < 4.78 is 32.6. The summed E-state index contributed by atoms with van der Waals surface area (Å²) in [5, 5.41) is 5.56. The molecule has 1 fully saturated rings. The third-order valence-electron chi connectivity index (χ3n) is 4.79. The fourth-order valence-electron chi connectivity index (χ4n) is 3.37. The van der Waals surface area contributed by atoms with E-state index in [0.29, 0.717) is 6.54 Å². The van der Waals surface area contributed by atoms with Gasteiger partial charge in [-0.15, -0.1) is 0 Å². The molecule has 2 rings (SSSR count). The fraction of sp³-hybridized carbons (Fsp3) is 0.600. The maximum atomic E-state index is 12.5. The molecule has 0 aliphatic heterocycles. The average Bonchev–Trinajstić information content (AvgIpc) is 2.70. The van der Waals surface area contributed by atoms with Crippen molar-refractivity contribution >= 4 is 21.8 Å². The van der Waals surface area contributed by atoms with Gasteiger partial charge in [0, 0.05) is 30.6 Å². The molecule has 0 radical (unpaired) electrons. The molecule has 1 aromatic carbocycles. The minimum Gasteiger partial charge on any atom is -0.495 e. The molecule has 1 aliphatic carbocycles. The molecule has 8 nitrogen and oxygen atoms in total. The van der Waals surface area contributed by atoms with Crippen LogP contribution in [-0.2, 0) is 14.8 Å². The molecule has 0 unspecified atom stereocenters. The lowest BCUT2D eigenvalue weighted by Crippen LogP contribution is -2.38. The number of hydrogen-bond acceptors (Lipinski definition) is 5. The first-order valence-corrected chi connectivity index (χ1v) is 11.5. The molecule has 0 saturated heterocycles. The van der Waals surface area contributed by atoms with Gasteiger partial charge in [-0.3, -0.25) is 9.59 Å². The highest BCUT2D eigenvalue weighted by atomic mass is 32.2. The summed E-state index contributed by atoms with van der Waals surface area (Å²) in [7, 11) is -2.45. The minimum atomic E-state index is -3.82. The van der Waals surface area contributed by atoms with Crippen molar-refractivity contribution in [1.82, 2.24) is 15.4 Å². The Balaban J connectivity index is 1.95. The van der Waals surface area contributed by atoms with Crippen molar-refractivity contribution in [2.75, 3.05) is 20.2 Å². The van der Waals surface area contributed by atoms with Gasteiger partial charge in [-0.05, 0) is 44.9 Å². The van der Waals surface area contributed by atoms with E-state index in [0.717, 1.165) is 25.7 Å². The number of methoxy groups -OCH3 is 1. The zero-order valence-electron chi connectivity index (χ0n) is 17.3. The number of rotatable bonds is 9. The van der Waals surface area contributed by atoms with Gasteiger partial charge in [-0.25, -0.2) is 13.1 Å². The van der Waals surface area contributed by atoms with E-state index in [1.54, 1.807) is 13.8 Å². The van der Waals surface area contributed by atoms with Crippen molar-refractivity contribution in [1.29, 1.82) is 0 Å². The monoisotopic (exact) mass is 425 g/mol. The third-order valence-corrected chi connectivity index (χ3v) is 6.47. The first kappa shape index (κ1) is 23.2. The molecule has 3 N–H and O–H groups in total. The smallest absolute Gasteiger partial charge is 0.251 e. The van der Waals surface area contributed by atoms with Gasteiger partial charge in [-0.2, -0.15) is 0 Å². The number of hydrogen-bond donors (Lipinski definition) is 3. The number of carbonyl (C=O) groups is 2. The van der Waals surface area contributed by atoms with Crippen LogP contribution in [-0.4, -0.2) is 46.5 Å². The van der Waals surface area contributed by atoms with Gasteiger partial charge in [0.1, 0.15) is 10.6 Å². The van der Waals surface area contributed by atoms with Crippen molar-refractivity contribution in [3.05, 3.63) is 23.8 Å². The van der Waals surface area contributed by atoms with E-state index in [4.69, 9.17) is 4.74 Å². The highest BCUT2D eigenvalue weighted by Gasteiger charge is 2.23. The van der Waals surface area contributed by atoms with E-state index in [1.165, 1.54) is 31.7 Å². The molecular weight excluding hydrogens is 394 g/mol. The summed E-state index contributed by atoms with van der Waals surface area (Å²) in [6.07, 6.45) is 5.20. The van der Waals surface area contributed by atoms with Gasteiger partial charge in [0.15, 0.2) is 0 Å². The Kier molecular flexibility index (Phi) is 8.45. The molecule has 1 aliphatic rings. The summed E-state index contributed by atoms with van der Waals surface area (Å²) >= 11 is 0. The SMILES string of the molecule is COc1ccc(C(=O)NCCNC(=O)C2CCCCC2)cc1S(=O)(=O)NC(C)C. The molecule has 1 saturated carbocycles. The number of amides is 2. The predicted octanol–water partition coefficient (Wildman–Crippen LogP) is 1.81. The molecule has 162 valence electrons. The zero-order chi connectivity index (χ0) is 21.4. The summed E-state index contributed by atoms with van der Waals surface area (Å²) in [5.74, 6) is -0.145. The van der Waals surface area contributed by atoms with Crippen molar-refractivity contribution < 1.29 is 22.7 Å². The summed E-state index contributed by atoms with van der Waals surface area (Å²) in [6, 6.07) is 3.95. The van der Waals surface area contributed by atoms with E-state index in [9.17, 15) is 18.0 Å². The van der Waals surface area contributed by atoms with E-state index < -0.39 is 15.9 Å². The van der Waals surface area contributed by atoms with Crippen LogP contribution in [0.3, 0.4) is 0 Å². The first-order valence-electron chi connectivity index (χ1n) is 10.0. The van der Waals surface area contributed by atoms with Crippen LogP contribution < -0.4 is 20.1 Å². The summed E-state index contributed by atoms with van der Waals surface area (Å²) in [5.41, 5.74) is 0.202. The molecule has 0 spiro atoms. The van der Waals surface area contributed by atoms with Gasteiger partial charge in [0.05, 0.1) is 7.11 Å². The van der Waals surface area contributed by atoms with Crippen LogP contribution in [0.5, 0.6) is 5.75 Å². The average molecular weight is 426 g/mol. The Hall–Kier alpha value is -2.13. The molecule has 9 heteroatoms. The molecule has 0 bridgehead atoms. The van der Waals surface area contributed by atoms with Gasteiger partial charge >= 0.3 is 0 Å². The first-order chi connectivity index (χ1) is 13.7. The number of carbonyl (C=O) groups excluding carboxylic acids is 2. The van der Waals surface area contributed by atoms with Gasteiger partial charge in [0.25, 0.3) is 5.91 Å². The number of benzene rings is 1. The minimum absolute atomic E-state index is 0.0385. The lowest BCUT2D eigenvalue weighted by atomic mass is 9.89. The third kappa shape index (κ3) is 6.71. The molecule has 29 heavy (non-hydrogen) atoms. The quantitative estimate of drug-likeness (QED) is 0.522. The second-order valence-electron chi connectivity index (χ2n) is 7.52. The van der Waals surface area contributed by atoms with Crippen LogP contribution in [0.4, 0.5) is 0 Å². The number of nitrogens with one attached hydrogen (secondary N) is 3. The van der Waals surface area contributed by atoms with E-state index in [-0.39, 0.29) is 40.6 Å². The standard InChI is InChI=1S/C20H31N3O5S/c1-14(2)23-29(26,27)18-13-16(9-10-17(18)28-3)20(25)22-12-11-21-19(24)15-7-5-4-6-8-15/h9-10,13-15,23H,4-8,11-12H2,1-3H3,(H,21,24)(H,22,25). The second-order valence-corrected chi connectivity index (χ2v) is 9.21. The lowest BCUT2D eigenvalue weighted by Gasteiger charge is -2.20. The number of sulfonamides is 1. The summed E-state index contributed by atoms with van der Waals surface area (Å²) in [6.45, 7) is 4.01. The Labute approximate surface area is 172 Å². The van der Waals surface area contributed by atoms with Crippen molar-refractivity contribution in [3.63, 3.8) is 0 Å². The fourth-order valence-corrected chi connectivity index (χ4v) is 4.82. The normalized spacial score (nSPS) is 15.2. The topological polar surface area (TPSA) is 114 Å². The largest absolute Gasteiger partial charge is 0.495 e. The Morgan fingerprint density at radius 2 is 1.76 bits per heavy atom. The van der Waals surface area contributed by atoms with Crippen LogP contribution in [0.1, 0.15) is 56.3 Å². The Bertz CT molecular complexity index is 817. The molecule has 0 heterocycles. The maximum absolute atomic E-state index is 12.5. The zero-order valence-corrected chi connectivity index (χ0v) is 18.1. The predicted molar refractivity (Wildman–Crippen MR) is 110 cm³/mol. The van der Waals surface area contributed by atoms with Crippen LogP contribution in [0.25, 0.3) is 0 Å². The van der Waals surface area contributed by atoms with Crippen LogP contribution in [0.15, 0.2) is 23.1 Å². The van der Waals surface area contributed by atoms with Crippen molar-refractivity contribution in [2.24, 2.45) is 5.92 Å². The van der Waals surface area contributed by atoms with Crippen LogP contribution in [0, 0.1) is 5.92 Å². The number of ether oxygens (including phenoxy) is 1. The second kappa shape index (κ2) is 10.6. The Morgan fingerprint density at radius 3 is 2.38 bits per heavy atom. The van der Waals surface area contributed by atoms with Crippen LogP contribution in [0.2, 0.25) is 0 Å². The van der Waals surface area contributed by atoms with E-state index >= 15 is 0 Å². The van der Waals surface area contributed by atoms with E-state index in [1.807, 2.05) is 0 Å². The van der Waals surface area contributed by atoms with Crippen LogP contribution >= 0.6 is 0 Å². The highest BCUT2D eigenvalue weighted by molar-refractivity contribution is 7.89. The molecule has 0 atom stereocenters. The van der Waals surface area contributed by atoms with Gasteiger partial charge < -0.3 is 15.4 Å². The molecule has 1 aromatic rings. The maximum Gasteiger partial charge on any atom is 0.251 e. The lowest BCUT2D eigenvalue weighted by molar-refractivity contribution is -0.125. The molecule has 0 aromatic heterocycles. The highest BCUT2D eigenvalue weighted by Crippen LogP contribution is 2.25. The molecular formula is C20H31N3O5S. The van der Waals surface area contributed by atoms with Gasteiger partial charge in [0.2, 0.25) is 15.9 Å². The van der Waals surface area contributed by atoms with Crippen molar-refractivity contribution in [2.45, 2.75) is 56.9 Å². The summed E-state index contributed by atoms with van der Waals surface area (Å²) in [4.78, 5) is 24.4. The van der Waals surface area contributed by atoms with Crippen molar-refractivity contribution in [3.8, 4) is 5.75 Å². The Morgan fingerprint density at radius 1 is 1.10 bits per heavy atom.